The Balaban J connectivity index is 2.85. The number of rotatable bonds is 5. The maximum Gasteiger partial charge on any atom is 0.221 e. The Morgan fingerprint density at radius 1 is 1.33 bits per heavy atom. The SMILES string of the molecule is CC(NS(=O)(=O)C(C)C(N)=S)c1ccc(F)cc1. The molecule has 0 aliphatic carbocycles. The van der Waals surface area contributed by atoms with Crippen LogP contribution >= 0.6 is 12.2 Å². The second kappa shape index (κ2) is 5.73. The molecule has 1 rings (SSSR count). The second-order valence-corrected chi connectivity index (χ2v) is 6.48. The Kier molecular flexibility index (Phi) is 4.78. The molecule has 100 valence electrons. The first kappa shape index (κ1) is 15.0. The van der Waals surface area contributed by atoms with Crippen LogP contribution in [0.25, 0.3) is 0 Å². The fraction of sp³-hybridized carbons (Fsp3) is 0.364. The molecule has 2 atom stereocenters. The molecule has 0 saturated heterocycles. The highest BCUT2D eigenvalue weighted by Crippen LogP contribution is 2.15. The molecule has 0 saturated carbocycles. The van der Waals surface area contributed by atoms with Gasteiger partial charge in [-0.15, -0.1) is 0 Å². The molecule has 0 aromatic heterocycles. The summed E-state index contributed by atoms with van der Waals surface area (Å²) in [5, 5.41) is -0.949. The predicted octanol–water partition coefficient (Wildman–Crippen LogP) is 1.48. The average Bonchev–Trinajstić information content (AvgIpc) is 2.28. The largest absolute Gasteiger partial charge is 0.392 e. The van der Waals surface area contributed by atoms with E-state index in [1.807, 2.05) is 0 Å². The zero-order chi connectivity index (χ0) is 13.9. The van der Waals surface area contributed by atoms with Gasteiger partial charge >= 0.3 is 0 Å². The van der Waals surface area contributed by atoms with Gasteiger partial charge < -0.3 is 5.73 Å². The Bertz CT molecular complexity index is 528. The number of benzene rings is 1. The molecule has 0 radical (unpaired) electrons. The van der Waals surface area contributed by atoms with Crippen molar-refractivity contribution in [1.82, 2.24) is 4.72 Å². The first-order valence-corrected chi connectivity index (χ1v) is 7.25. The normalized spacial score (nSPS) is 15.1. The molecule has 2 unspecified atom stereocenters. The van der Waals surface area contributed by atoms with Crippen LogP contribution in [-0.4, -0.2) is 18.7 Å². The third-order valence-electron chi connectivity index (χ3n) is 2.58. The van der Waals surface area contributed by atoms with Gasteiger partial charge in [0, 0.05) is 6.04 Å². The first-order chi connectivity index (χ1) is 8.24. The van der Waals surface area contributed by atoms with Gasteiger partial charge in [-0.3, -0.25) is 0 Å². The van der Waals surface area contributed by atoms with E-state index in [1.165, 1.54) is 31.2 Å². The van der Waals surface area contributed by atoms with Crippen molar-refractivity contribution < 1.29 is 12.8 Å². The molecule has 0 fully saturated rings. The number of nitrogens with one attached hydrogen (secondary N) is 1. The number of thiocarbonyl (C=S) groups is 1. The molecule has 0 heterocycles. The zero-order valence-corrected chi connectivity index (χ0v) is 11.7. The number of nitrogens with two attached hydrogens (primary N) is 1. The van der Waals surface area contributed by atoms with Crippen molar-refractivity contribution in [2.24, 2.45) is 5.73 Å². The maximum absolute atomic E-state index is 12.7. The summed E-state index contributed by atoms with van der Waals surface area (Å²) in [5.74, 6) is -0.370. The first-order valence-electron chi connectivity index (χ1n) is 5.30. The van der Waals surface area contributed by atoms with E-state index in [2.05, 4.69) is 16.9 Å². The zero-order valence-electron chi connectivity index (χ0n) is 10.1. The van der Waals surface area contributed by atoms with Crippen LogP contribution in [0.5, 0.6) is 0 Å². The molecule has 0 aliphatic heterocycles. The van der Waals surface area contributed by atoms with Crippen LogP contribution in [0.4, 0.5) is 4.39 Å². The monoisotopic (exact) mass is 290 g/mol. The molecule has 4 nitrogen and oxygen atoms in total. The summed E-state index contributed by atoms with van der Waals surface area (Å²) >= 11 is 4.66. The summed E-state index contributed by atoms with van der Waals surface area (Å²) in [4.78, 5) is -0.0891. The minimum Gasteiger partial charge on any atom is -0.392 e. The van der Waals surface area contributed by atoms with Gasteiger partial charge in [0.15, 0.2) is 0 Å². The minimum atomic E-state index is -3.63. The summed E-state index contributed by atoms with van der Waals surface area (Å²) in [6.07, 6.45) is 0. The van der Waals surface area contributed by atoms with Crippen molar-refractivity contribution in [2.75, 3.05) is 0 Å². The van der Waals surface area contributed by atoms with Gasteiger partial charge in [0.05, 0.1) is 4.99 Å². The minimum absolute atomic E-state index is 0.0891. The third-order valence-corrected chi connectivity index (χ3v) is 4.95. The standard InChI is InChI=1S/C11H15FN2O2S2/c1-7(9-3-5-10(12)6-4-9)14-18(15,16)8(2)11(13)17/h3-8,14H,1-2H3,(H2,13,17). The van der Waals surface area contributed by atoms with Gasteiger partial charge in [-0.05, 0) is 31.5 Å². The molecule has 18 heavy (non-hydrogen) atoms. The molecule has 0 bridgehead atoms. The van der Waals surface area contributed by atoms with Crippen LogP contribution < -0.4 is 10.5 Å². The lowest BCUT2D eigenvalue weighted by molar-refractivity contribution is 0.563. The van der Waals surface area contributed by atoms with Crippen LogP contribution in [0.1, 0.15) is 25.5 Å². The lowest BCUT2D eigenvalue weighted by Crippen LogP contribution is -2.41. The van der Waals surface area contributed by atoms with Crippen molar-refractivity contribution in [3.8, 4) is 0 Å². The number of sulfonamides is 1. The second-order valence-electron chi connectivity index (χ2n) is 3.98. The Morgan fingerprint density at radius 3 is 2.28 bits per heavy atom. The van der Waals surface area contributed by atoms with Crippen LogP contribution in [-0.2, 0) is 10.0 Å². The topological polar surface area (TPSA) is 72.2 Å². The van der Waals surface area contributed by atoms with Gasteiger partial charge in [-0.2, -0.15) is 0 Å². The van der Waals surface area contributed by atoms with Crippen LogP contribution in [0.2, 0.25) is 0 Å². The lowest BCUT2D eigenvalue weighted by atomic mass is 10.1. The van der Waals surface area contributed by atoms with Crippen molar-refractivity contribution >= 4 is 27.2 Å². The Morgan fingerprint density at radius 2 is 1.83 bits per heavy atom. The maximum atomic E-state index is 12.7. The quantitative estimate of drug-likeness (QED) is 0.806. The smallest absolute Gasteiger partial charge is 0.221 e. The molecular weight excluding hydrogens is 275 g/mol. The van der Waals surface area contributed by atoms with Gasteiger partial charge in [0.2, 0.25) is 10.0 Å². The summed E-state index contributed by atoms with van der Waals surface area (Å²) < 4.78 is 38.9. The van der Waals surface area contributed by atoms with E-state index < -0.39 is 21.3 Å². The molecule has 7 heteroatoms. The summed E-state index contributed by atoms with van der Waals surface area (Å²) in [6.45, 7) is 3.08. The molecule has 3 N–H and O–H groups in total. The van der Waals surface area contributed by atoms with Crippen molar-refractivity contribution in [1.29, 1.82) is 0 Å². The Labute approximate surface area is 111 Å². The molecule has 0 amide bonds. The molecule has 1 aromatic carbocycles. The fourth-order valence-corrected chi connectivity index (χ4v) is 2.84. The van der Waals surface area contributed by atoms with Crippen molar-refractivity contribution in [2.45, 2.75) is 25.1 Å². The highest BCUT2D eigenvalue weighted by molar-refractivity contribution is 7.93. The van der Waals surface area contributed by atoms with Crippen molar-refractivity contribution in [3.05, 3.63) is 35.6 Å². The number of halogens is 1. The number of hydrogen-bond donors (Lipinski definition) is 2. The van der Waals surface area contributed by atoms with Gasteiger partial charge in [-0.25, -0.2) is 17.5 Å². The molecular formula is C11H15FN2O2S2. The van der Waals surface area contributed by atoms with Gasteiger partial charge in [0.1, 0.15) is 11.1 Å². The average molecular weight is 290 g/mol. The summed E-state index contributed by atoms with van der Waals surface area (Å²) in [5.41, 5.74) is 5.98. The summed E-state index contributed by atoms with van der Waals surface area (Å²) in [6, 6.07) is 5.11. The van der Waals surface area contributed by atoms with Crippen molar-refractivity contribution in [3.63, 3.8) is 0 Å². The Hall–Kier alpha value is -1.05. The fourth-order valence-electron chi connectivity index (χ4n) is 1.32. The van der Waals surface area contributed by atoms with E-state index >= 15 is 0 Å². The highest BCUT2D eigenvalue weighted by Gasteiger charge is 2.25. The number of hydrogen-bond acceptors (Lipinski definition) is 3. The van der Waals surface area contributed by atoms with Crippen LogP contribution in [0.15, 0.2) is 24.3 Å². The highest BCUT2D eigenvalue weighted by atomic mass is 32.2. The van der Waals surface area contributed by atoms with Gasteiger partial charge in [0.25, 0.3) is 0 Å². The third kappa shape index (κ3) is 3.72. The van der Waals surface area contributed by atoms with E-state index in [-0.39, 0.29) is 10.8 Å². The molecule has 0 aliphatic rings. The van der Waals surface area contributed by atoms with E-state index in [9.17, 15) is 12.8 Å². The van der Waals surface area contributed by atoms with Crippen LogP contribution in [0, 0.1) is 5.82 Å². The van der Waals surface area contributed by atoms with E-state index in [0.29, 0.717) is 5.56 Å². The van der Waals surface area contributed by atoms with E-state index in [0.717, 1.165) is 0 Å². The van der Waals surface area contributed by atoms with E-state index in [4.69, 9.17) is 5.73 Å². The summed E-state index contributed by atoms with van der Waals surface area (Å²) in [7, 11) is -3.63. The lowest BCUT2D eigenvalue weighted by Gasteiger charge is -2.18. The van der Waals surface area contributed by atoms with Crippen LogP contribution in [0.3, 0.4) is 0 Å². The molecule has 1 aromatic rings. The van der Waals surface area contributed by atoms with E-state index in [1.54, 1.807) is 6.92 Å². The molecule has 0 spiro atoms. The predicted molar refractivity (Wildman–Crippen MR) is 73.1 cm³/mol. The van der Waals surface area contributed by atoms with Gasteiger partial charge in [-0.1, -0.05) is 24.4 Å².